The monoisotopic (exact) mass is 236 g/mol. The van der Waals surface area contributed by atoms with Crippen LogP contribution >= 0.6 is 0 Å². The smallest absolute Gasteiger partial charge is 0.262 e. The first-order valence-corrected chi connectivity index (χ1v) is 7.95. The summed E-state index contributed by atoms with van der Waals surface area (Å²) in [6.07, 6.45) is 3.52. The fourth-order valence-electron chi connectivity index (χ4n) is 2.33. The highest BCUT2D eigenvalue weighted by molar-refractivity contribution is 6.88. The zero-order valence-electron chi connectivity index (χ0n) is 9.36. The molecule has 1 fully saturated rings. The van der Waals surface area contributed by atoms with Gasteiger partial charge in [-0.25, -0.2) is 4.39 Å². The Hall–Kier alpha value is -0.933. The van der Waals surface area contributed by atoms with Crippen molar-refractivity contribution in [1.29, 1.82) is 0 Å². The molecule has 2 rings (SSSR count). The van der Waals surface area contributed by atoms with Crippen LogP contribution in [0.1, 0.15) is 12.8 Å². The van der Waals surface area contributed by atoms with E-state index in [1.165, 1.54) is 6.08 Å². The zero-order valence-corrected chi connectivity index (χ0v) is 10.4. The van der Waals surface area contributed by atoms with Crippen LogP contribution in [0.5, 0.6) is 0 Å². The van der Waals surface area contributed by atoms with E-state index in [0.29, 0.717) is 6.61 Å². The number of halogens is 1. The summed E-state index contributed by atoms with van der Waals surface area (Å²) in [6, 6.07) is 10.7. The molecule has 1 saturated heterocycles. The van der Waals surface area contributed by atoms with Crippen LogP contribution in [0, 0.1) is 0 Å². The Balaban J connectivity index is 2.37. The molecule has 0 N–H and O–H groups in total. The van der Waals surface area contributed by atoms with Crippen LogP contribution in [0.15, 0.2) is 43.0 Å². The van der Waals surface area contributed by atoms with Gasteiger partial charge in [0.15, 0.2) is 0 Å². The second-order valence-electron chi connectivity index (χ2n) is 4.20. The van der Waals surface area contributed by atoms with E-state index in [-0.39, 0.29) is 0 Å². The maximum absolute atomic E-state index is 14.2. The molecule has 3 heteroatoms. The molecule has 16 heavy (non-hydrogen) atoms. The summed E-state index contributed by atoms with van der Waals surface area (Å²) in [5.41, 5.74) is 0. The lowest BCUT2D eigenvalue weighted by atomic mass is 10.3. The van der Waals surface area contributed by atoms with E-state index in [0.717, 1.165) is 24.1 Å². The molecule has 1 aromatic carbocycles. The Labute approximate surface area is 97.1 Å². The molecule has 0 amide bonds. The summed E-state index contributed by atoms with van der Waals surface area (Å²) < 4.78 is 20.1. The normalized spacial score (nSPS) is 27.3. The molecular formula is C13H17FOSi. The van der Waals surface area contributed by atoms with Crippen molar-refractivity contribution >= 4 is 13.5 Å². The van der Waals surface area contributed by atoms with Gasteiger partial charge in [-0.15, -0.1) is 6.58 Å². The van der Waals surface area contributed by atoms with Crippen LogP contribution in [0.3, 0.4) is 0 Å². The SMILES string of the molecule is C=CC(F)[Si]1(c2ccccc2)CCCCO1. The van der Waals surface area contributed by atoms with Crippen LogP contribution in [-0.4, -0.2) is 20.7 Å². The number of allylic oxidation sites excluding steroid dienone is 1. The van der Waals surface area contributed by atoms with Gasteiger partial charge in [-0.2, -0.15) is 0 Å². The van der Waals surface area contributed by atoms with Crippen LogP contribution in [-0.2, 0) is 4.43 Å². The van der Waals surface area contributed by atoms with Gasteiger partial charge in [-0.1, -0.05) is 42.8 Å². The molecule has 0 saturated carbocycles. The topological polar surface area (TPSA) is 9.23 Å². The van der Waals surface area contributed by atoms with Crippen LogP contribution in [0.4, 0.5) is 4.39 Å². The van der Waals surface area contributed by atoms with Crippen molar-refractivity contribution in [3.05, 3.63) is 43.0 Å². The third-order valence-electron chi connectivity index (χ3n) is 3.22. The summed E-state index contributed by atoms with van der Waals surface area (Å²) in [7, 11) is -2.45. The molecule has 0 spiro atoms. The summed E-state index contributed by atoms with van der Waals surface area (Å²) >= 11 is 0. The van der Waals surface area contributed by atoms with Crippen molar-refractivity contribution in [3.8, 4) is 0 Å². The average Bonchev–Trinajstić information content (AvgIpc) is 2.39. The lowest BCUT2D eigenvalue weighted by molar-refractivity contribution is 0.252. The van der Waals surface area contributed by atoms with Gasteiger partial charge in [-0.05, 0) is 17.7 Å². The Kier molecular flexibility index (Phi) is 3.56. The lowest BCUT2D eigenvalue weighted by Gasteiger charge is -2.36. The van der Waals surface area contributed by atoms with Crippen LogP contribution in [0.2, 0.25) is 6.04 Å². The van der Waals surface area contributed by atoms with Crippen molar-refractivity contribution < 1.29 is 8.82 Å². The molecule has 1 aliphatic heterocycles. The van der Waals surface area contributed by atoms with Gasteiger partial charge in [0.2, 0.25) is 0 Å². The highest BCUT2D eigenvalue weighted by Gasteiger charge is 2.45. The molecule has 0 bridgehead atoms. The highest BCUT2D eigenvalue weighted by Crippen LogP contribution is 2.27. The largest absolute Gasteiger partial charge is 0.409 e. The summed E-state index contributed by atoms with van der Waals surface area (Å²) in [6.45, 7) is 4.28. The first-order chi connectivity index (χ1) is 7.79. The predicted octanol–water partition coefficient (Wildman–Crippen LogP) is 2.71. The van der Waals surface area contributed by atoms with E-state index in [9.17, 15) is 4.39 Å². The minimum absolute atomic E-state index is 0.690. The van der Waals surface area contributed by atoms with Crippen molar-refractivity contribution in [2.24, 2.45) is 0 Å². The number of benzene rings is 1. The van der Waals surface area contributed by atoms with E-state index in [1.807, 2.05) is 30.3 Å². The van der Waals surface area contributed by atoms with Crippen LogP contribution in [0.25, 0.3) is 0 Å². The maximum atomic E-state index is 14.2. The predicted molar refractivity (Wildman–Crippen MR) is 66.9 cm³/mol. The average molecular weight is 236 g/mol. The summed E-state index contributed by atoms with van der Waals surface area (Å²) in [5.74, 6) is -1.00. The Morgan fingerprint density at radius 3 is 2.62 bits per heavy atom. The second kappa shape index (κ2) is 4.93. The first kappa shape index (κ1) is 11.5. The van der Waals surface area contributed by atoms with E-state index < -0.39 is 14.1 Å². The molecule has 0 aromatic heterocycles. The number of hydrogen-bond donors (Lipinski definition) is 0. The van der Waals surface area contributed by atoms with E-state index in [1.54, 1.807) is 0 Å². The lowest BCUT2D eigenvalue weighted by Crippen LogP contribution is -2.59. The Bertz CT molecular complexity index is 346. The van der Waals surface area contributed by atoms with Gasteiger partial charge in [0.1, 0.15) is 5.79 Å². The van der Waals surface area contributed by atoms with Crippen molar-refractivity contribution in [1.82, 2.24) is 0 Å². The van der Waals surface area contributed by atoms with Gasteiger partial charge in [-0.3, -0.25) is 0 Å². The van der Waals surface area contributed by atoms with Crippen LogP contribution < -0.4 is 5.19 Å². The van der Waals surface area contributed by atoms with Crippen molar-refractivity contribution in [3.63, 3.8) is 0 Å². The second-order valence-corrected chi connectivity index (χ2v) is 7.90. The molecule has 0 aliphatic carbocycles. The number of alkyl halides is 1. The summed E-state index contributed by atoms with van der Waals surface area (Å²) in [5, 5.41) is 1.06. The van der Waals surface area contributed by atoms with Gasteiger partial charge in [0.25, 0.3) is 8.32 Å². The third-order valence-corrected chi connectivity index (χ3v) is 7.47. The van der Waals surface area contributed by atoms with E-state index >= 15 is 0 Å². The number of hydrogen-bond acceptors (Lipinski definition) is 1. The van der Waals surface area contributed by atoms with Crippen molar-refractivity contribution in [2.45, 2.75) is 24.7 Å². The van der Waals surface area contributed by atoms with E-state index in [4.69, 9.17) is 4.43 Å². The molecule has 1 nitrogen and oxygen atoms in total. The first-order valence-electron chi connectivity index (χ1n) is 5.76. The Morgan fingerprint density at radius 1 is 1.31 bits per heavy atom. The number of rotatable bonds is 3. The third kappa shape index (κ3) is 1.97. The molecule has 86 valence electrons. The minimum Gasteiger partial charge on any atom is -0.409 e. The van der Waals surface area contributed by atoms with E-state index in [2.05, 4.69) is 6.58 Å². The maximum Gasteiger partial charge on any atom is 0.262 e. The quantitative estimate of drug-likeness (QED) is 0.579. The molecule has 2 unspecified atom stereocenters. The molecule has 1 aliphatic rings. The zero-order chi connectivity index (χ0) is 11.4. The molecular weight excluding hydrogens is 219 g/mol. The molecule has 1 aromatic rings. The molecule has 0 radical (unpaired) electrons. The minimum atomic E-state index is -2.45. The van der Waals surface area contributed by atoms with Gasteiger partial charge >= 0.3 is 0 Å². The fraction of sp³-hybridized carbons (Fsp3) is 0.385. The van der Waals surface area contributed by atoms with Gasteiger partial charge in [0, 0.05) is 6.61 Å². The Morgan fingerprint density at radius 2 is 2.06 bits per heavy atom. The van der Waals surface area contributed by atoms with Gasteiger partial charge in [0.05, 0.1) is 0 Å². The summed E-state index contributed by atoms with van der Waals surface area (Å²) in [4.78, 5) is 0. The van der Waals surface area contributed by atoms with Gasteiger partial charge < -0.3 is 4.43 Å². The highest BCUT2D eigenvalue weighted by atomic mass is 28.4. The fourth-order valence-corrected chi connectivity index (χ4v) is 6.11. The standard InChI is InChI=1S/C13H17FOSi/c1-2-13(14)16(11-7-6-10-15-16)12-8-4-3-5-9-12/h2-5,8-9,13H,1,6-7,10-11H2. The molecule has 1 heterocycles. The molecule has 2 atom stereocenters. The van der Waals surface area contributed by atoms with Crippen molar-refractivity contribution in [2.75, 3.05) is 6.61 Å².